The first-order chi connectivity index (χ1) is 16.7. The third kappa shape index (κ3) is 6.32. The van der Waals surface area contributed by atoms with Gasteiger partial charge in [0.05, 0.1) is 0 Å². The number of unbranched alkanes of at least 4 members (excludes halogenated alkanes) is 1. The minimum atomic E-state index is -1.17. The van der Waals surface area contributed by atoms with Crippen LogP contribution in [0, 0.1) is 6.92 Å². The number of aryl methyl sites for hydroxylation is 1. The van der Waals surface area contributed by atoms with E-state index in [-0.39, 0.29) is 23.6 Å². The first-order valence-corrected chi connectivity index (χ1v) is 10.9. The summed E-state index contributed by atoms with van der Waals surface area (Å²) in [6.45, 7) is 2.31. The minimum Gasteiger partial charge on any atom is -0.502 e. The molecule has 0 saturated heterocycles. The highest BCUT2D eigenvalue weighted by atomic mass is 16.4. The number of carbonyl (C=O) groups is 3. The summed E-state index contributed by atoms with van der Waals surface area (Å²) in [5.74, 6) is -2.61. The Labute approximate surface area is 200 Å². The predicted octanol–water partition coefficient (Wildman–Crippen LogP) is 1.82. The second-order valence-electron chi connectivity index (χ2n) is 8.07. The molecule has 0 unspecified atom stereocenters. The van der Waals surface area contributed by atoms with E-state index in [1.54, 1.807) is 12.1 Å². The van der Waals surface area contributed by atoms with Crippen molar-refractivity contribution in [2.24, 2.45) is 0 Å². The van der Waals surface area contributed by atoms with Crippen LogP contribution in [0.1, 0.15) is 45.5 Å². The summed E-state index contributed by atoms with van der Waals surface area (Å²) in [7, 11) is 0. The van der Waals surface area contributed by atoms with E-state index in [0.717, 1.165) is 5.56 Å². The lowest BCUT2D eigenvalue weighted by Gasteiger charge is -2.15. The van der Waals surface area contributed by atoms with Gasteiger partial charge in [-0.3, -0.25) is 19.2 Å². The highest BCUT2D eigenvalue weighted by molar-refractivity contribution is 5.97. The Morgan fingerprint density at radius 1 is 0.857 bits per heavy atom. The first kappa shape index (κ1) is 25.2. The van der Waals surface area contributed by atoms with Gasteiger partial charge < -0.3 is 26.2 Å². The number of hydrogen-bond acceptors (Lipinski definition) is 7. The Balaban J connectivity index is 1.45. The average Bonchev–Trinajstić information content (AvgIpc) is 2.86. The summed E-state index contributed by atoms with van der Waals surface area (Å²) < 4.78 is 0. The van der Waals surface area contributed by atoms with E-state index in [2.05, 4.69) is 16.0 Å². The normalized spacial score (nSPS) is 11.6. The SMILES string of the molecule is Cc1ccc(C(=O)NCCCC[C@H](NC(=O)c2ccc(Nc3c(O)c(=O)c3=O)cc2)C(=O)O)cc1. The molecule has 3 rings (SSSR count). The maximum absolute atomic E-state index is 12.5. The summed E-state index contributed by atoms with van der Waals surface area (Å²) in [4.78, 5) is 58.6. The molecule has 0 bridgehead atoms. The van der Waals surface area contributed by atoms with E-state index in [1.807, 2.05) is 19.1 Å². The van der Waals surface area contributed by atoms with Crippen LogP contribution in [-0.4, -0.2) is 40.6 Å². The number of amides is 2. The Kier molecular flexibility index (Phi) is 7.98. The minimum absolute atomic E-state index is 0.185. The summed E-state index contributed by atoms with van der Waals surface area (Å²) in [5, 5.41) is 26.7. The van der Waals surface area contributed by atoms with Gasteiger partial charge in [-0.2, -0.15) is 0 Å². The molecule has 35 heavy (non-hydrogen) atoms. The van der Waals surface area contributed by atoms with E-state index >= 15 is 0 Å². The van der Waals surface area contributed by atoms with E-state index in [4.69, 9.17) is 0 Å². The number of anilines is 2. The summed E-state index contributed by atoms with van der Waals surface area (Å²) in [5.41, 5.74) is 0.159. The molecule has 3 aromatic carbocycles. The average molecular weight is 479 g/mol. The number of benzene rings is 2. The second kappa shape index (κ2) is 11.1. The third-order valence-electron chi connectivity index (χ3n) is 5.42. The van der Waals surface area contributed by atoms with Gasteiger partial charge in [-0.05, 0) is 62.6 Å². The number of carbonyl (C=O) groups excluding carboxylic acids is 2. The molecule has 5 N–H and O–H groups in total. The van der Waals surface area contributed by atoms with Gasteiger partial charge in [0.2, 0.25) is 0 Å². The lowest BCUT2D eigenvalue weighted by Crippen LogP contribution is -2.40. The van der Waals surface area contributed by atoms with Gasteiger partial charge >= 0.3 is 5.97 Å². The van der Waals surface area contributed by atoms with Gasteiger partial charge in [0.15, 0.2) is 5.75 Å². The molecule has 0 spiro atoms. The van der Waals surface area contributed by atoms with Crippen molar-refractivity contribution in [3.8, 4) is 5.75 Å². The van der Waals surface area contributed by atoms with Crippen molar-refractivity contribution in [1.82, 2.24) is 10.6 Å². The van der Waals surface area contributed by atoms with Crippen molar-refractivity contribution in [1.29, 1.82) is 0 Å². The zero-order valence-corrected chi connectivity index (χ0v) is 19.0. The molecule has 0 saturated carbocycles. The molecule has 0 heterocycles. The van der Waals surface area contributed by atoms with E-state index in [0.29, 0.717) is 30.6 Å². The monoisotopic (exact) mass is 479 g/mol. The Morgan fingerprint density at radius 3 is 2.06 bits per heavy atom. The number of aliphatic carboxylic acids is 1. The molecule has 0 aromatic heterocycles. The Hall–Kier alpha value is -4.47. The van der Waals surface area contributed by atoms with Gasteiger partial charge in [0, 0.05) is 23.4 Å². The predicted molar refractivity (Wildman–Crippen MR) is 129 cm³/mol. The molecule has 0 fully saturated rings. The lowest BCUT2D eigenvalue weighted by molar-refractivity contribution is -0.139. The zero-order valence-electron chi connectivity index (χ0n) is 19.0. The molecule has 10 nitrogen and oxygen atoms in total. The van der Waals surface area contributed by atoms with Crippen LogP contribution in [0.5, 0.6) is 5.75 Å². The standard InChI is InChI=1S/C25H25N3O7/c1-14-5-7-15(8-6-14)23(32)26-13-3-2-4-18(25(34)35)28-24(33)16-9-11-17(12-10-16)27-19-20(29)22(31)21(19)30/h5-12,18,27,29H,2-4,13H2,1H3,(H,26,32)(H,28,33)(H,34,35)/t18-/m0/s1. The highest BCUT2D eigenvalue weighted by Gasteiger charge is 2.22. The molecule has 0 radical (unpaired) electrons. The van der Waals surface area contributed by atoms with Crippen LogP contribution < -0.4 is 26.8 Å². The van der Waals surface area contributed by atoms with Crippen LogP contribution in [0.15, 0.2) is 58.1 Å². The van der Waals surface area contributed by atoms with Crippen LogP contribution in [0.3, 0.4) is 0 Å². The molecule has 0 aliphatic carbocycles. The zero-order chi connectivity index (χ0) is 25.5. The van der Waals surface area contributed by atoms with Crippen LogP contribution in [-0.2, 0) is 4.79 Å². The van der Waals surface area contributed by atoms with Gasteiger partial charge in [-0.15, -0.1) is 0 Å². The Bertz CT molecular complexity index is 1290. The number of rotatable bonds is 11. The molecular formula is C25H25N3O7. The first-order valence-electron chi connectivity index (χ1n) is 10.9. The lowest BCUT2D eigenvalue weighted by atomic mass is 10.1. The van der Waals surface area contributed by atoms with E-state index < -0.39 is 34.5 Å². The van der Waals surface area contributed by atoms with Crippen LogP contribution in [0.2, 0.25) is 0 Å². The molecule has 0 aliphatic heterocycles. The van der Waals surface area contributed by atoms with Gasteiger partial charge in [0.1, 0.15) is 11.7 Å². The van der Waals surface area contributed by atoms with Gasteiger partial charge in [0.25, 0.3) is 22.7 Å². The highest BCUT2D eigenvalue weighted by Crippen LogP contribution is 2.21. The fraction of sp³-hybridized carbons (Fsp3) is 0.240. The molecule has 2 amide bonds. The molecular weight excluding hydrogens is 454 g/mol. The maximum atomic E-state index is 12.5. The number of carboxylic acids is 1. The third-order valence-corrected chi connectivity index (χ3v) is 5.42. The van der Waals surface area contributed by atoms with Crippen molar-refractivity contribution in [2.45, 2.75) is 32.2 Å². The van der Waals surface area contributed by atoms with E-state index in [9.17, 15) is 34.2 Å². The van der Waals surface area contributed by atoms with Crippen molar-refractivity contribution in [3.05, 3.63) is 85.7 Å². The summed E-state index contributed by atoms with van der Waals surface area (Å²) in [6.07, 6.45) is 1.20. The number of aromatic hydroxyl groups is 1. The summed E-state index contributed by atoms with van der Waals surface area (Å²) in [6, 6.07) is 11.8. The quantitative estimate of drug-likeness (QED) is 0.205. The van der Waals surface area contributed by atoms with Crippen LogP contribution in [0.4, 0.5) is 11.4 Å². The molecule has 0 aliphatic rings. The number of nitrogens with one attached hydrogen (secondary N) is 3. The molecule has 1 atom stereocenters. The van der Waals surface area contributed by atoms with Gasteiger partial charge in [-0.1, -0.05) is 17.7 Å². The van der Waals surface area contributed by atoms with Crippen LogP contribution in [0.25, 0.3) is 0 Å². The van der Waals surface area contributed by atoms with Crippen LogP contribution >= 0.6 is 0 Å². The Morgan fingerprint density at radius 2 is 1.46 bits per heavy atom. The van der Waals surface area contributed by atoms with Gasteiger partial charge in [-0.25, -0.2) is 4.79 Å². The van der Waals surface area contributed by atoms with Crippen molar-refractivity contribution >= 4 is 29.2 Å². The van der Waals surface area contributed by atoms with E-state index in [1.165, 1.54) is 24.3 Å². The van der Waals surface area contributed by atoms with Crippen molar-refractivity contribution < 1.29 is 24.6 Å². The molecule has 10 heteroatoms. The largest absolute Gasteiger partial charge is 0.502 e. The topological polar surface area (TPSA) is 162 Å². The van der Waals surface area contributed by atoms with Crippen molar-refractivity contribution in [2.75, 3.05) is 11.9 Å². The fourth-order valence-corrected chi connectivity index (χ4v) is 3.33. The maximum Gasteiger partial charge on any atom is 0.326 e. The molecule has 182 valence electrons. The molecule has 3 aromatic rings. The fourth-order valence-electron chi connectivity index (χ4n) is 3.33. The number of hydrogen-bond donors (Lipinski definition) is 5. The number of carboxylic acid groups (broad SMARTS) is 1. The van der Waals surface area contributed by atoms with Crippen molar-refractivity contribution in [3.63, 3.8) is 0 Å². The smallest absolute Gasteiger partial charge is 0.326 e. The second-order valence-corrected chi connectivity index (χ2v) is 8.07. The summed E-state index contributed by atoms with van der Waals surface area (Å²) >= 11 is 0.